The van der Waals surface area contributed by atoms with Crippen LogP contribution in [0.1, 0.15) is 38.5 Å². The third kappa shape index (κ3) is 0.857. The molecule has 0 aromatic heterocycles. The van der Waals surface area contributed by atoms with Crippen LogP contribution in [0.25, 0.3) is 0 Å². The number of fused-ring (bicyclic) bond motifs is 4. The van der Waals surface area contributed by atoms with Gasteiger partial charge in [0.25, 0.3) is 0 Å². The fourth-order valence-corrected chi connectivity index (χ4v) is 6.84. The van der Waals surface area contributed by atoms with E-state index in [1.165, 1.54) is 38.5 Å². The zero-order chi connectivity index (χ0) is 11.5. The summed E-state index contributed by atoms with van der Waals surface area (Å²) in [6, 6.07) is 0.830. The molecular weight excluding hydrogens is 222 g/mol. The van der Waals surface area contributed by atoms with Crippen LogP contribution in [0.2, 0.25) is 0 Å². The van der Waals surface area contributed by atoms with Crippen molar-refractivity contribution >= 4 is 0 Å². The lowest BCUT2D eigenvalue weighted by atomic mass is 9.52. The maximum atomic E-state index is 6.04. The zero-order valence-electron chi connectivity index (χ0n) is 10.8. The summed E-state index contributed by atoms with van der Waals surface area (Å²) in [6.07, 6.45) is 14.8. The van der Waals surface area contributed by atoms with Gasteiger partial charge in [0.15, 0.2) is 0 Å². The van der Waals surface area contributed by atoms with Gasteiger partial charge in [-0.2, -0.15) is 0 Å². The van der Waals surface area contributed by atoms with Gasteiger partial charge in [0.1, 0.15) is 0 Å². The van der Waals surface area contributed by atoms with Crippen LogP contribution < -0.4 is 5.32 Å². The van der Waals surface area contributed by atoms with Crippen LogP contribution in [0.4, 0.5) is 0 Å². The second-order valence-electron chi connectivity index (χ2n) is 7.89. The molecular formula is C16H21NO. The van der Waals surface area contributed by atoms with Crippen LogP contribution in [0.3, 0.4) is 0 Å². The molecule has 2 aliphatic heterocycles. The third-order valence-electron chi connectivity index (χ3n) is 7.34. The number of hydrogen-bond donors (Lipinski definition) is 1. The fourth-order valence-electron chi connectivity index (χ4n) is 6.84. The van der Waals surface area contributed by atoms with Gasteiger partial charge in [-0.05, 0) is 61.7 Å². The van der Waals surface area contributed by atoms with E-state index in [4.69, 9.17) is 4.74 Å². The van der Waals surface area contributed by atoms with Crippen LogP contribution in [0, 0.1) is 23.2 Å². The lowest BCUT2D eigenvalue weighted by molar-refractivity contribution is -0.0167. The molecule has 4 aliphatic carbocycles. The van der Waals surface area contributed by atoms with E-state index in [2.05, 4.69) is 17.5 Å². The number of ether oxygens (including phenoxy) is 1. The molecule has 18 heavy (non-hydrogen) atoms. The standard InChI is InChI=1S/C16H21NO/c1-2-6-15-8-16(14(17-16)10(15)3-1)7-9-4-5-11-13(18-11)12(9)15/h1,3,9-14,17H,2,4-8H2/t9?,10?,11?,12?,13?,14?,15?,16-/m1/s1. The molecule has 0 radical (unpaired) electrons. The Morgan fingerprint density at radius 1 is 1.28 bits per heavy atom. The molecule has 8 atom stereocenters. The molecule has 96 valence electrons. The first-order chi connectivity index (χ1) is 8.82. The zero-order valence-corrected chi connectivity index (χ0v) is 10.8. The Hall–Kier alpha value is -0.340. The van der Waals surface area contributed by atoms with Crippen LogP contribution in [-0.2, 0) is 4.74 Å². The number of nitrogens with one attached hydrogen (secondary N) is 1. The molecule has 0 aromatic carbocycles. The van der Waals surface area contributed by atoms with Crippen molar-refractivity contribution in [2.45, 2.75) is 62.3 Å². The van der Waals surface area contributed by atoms with Gasteiger partial charge < -0.3 is 10.1 Å². The number of rotatable bonds is 0. The van der Waals surface area contributed by atoms with Gasteiger partial charge in [-0.25, -0.2) is 0 Å². The van der Waals surface area contributed by atoms with Gasteiger partial charge in [-0.3, -0.25) is 0 Å². The Morgan fingerprint density at radius 2 is 2.28 bits per heavy atom. The smallest absolute Gasteiger partial charge is 0.0878 e. The topological polar surface area (TPSA) is 34.5 Å². The molecule has 2 bridgehead atoms. The van der Waals surface area contributed by atoms with E-state index in [0.29, 0.717) is 23.2 Å². The summed E-state index contributed by atoms with van der Waals surface area (Å²) in [4.78, 5) is 0. The Kier molecular flexibility index (Phi) is 1.38. The highest BCUT2D eigenvalue weighted by atomic mass is 16.6. The molecule has 2 heteroatoms. The summed E-state index contributed by atoms with van der Waals surface area (Å²) >= 11 is 0. The number of allylic oxidation sites excluding steroid dienone is 1. The maximum Gasteiger partial charge on any atom is 0.0878 e. The van der Waals surface area contributed by atoms with Gasteiger partial charge in [-0.15, -0.1) is 0 Å². The predicted octanol–water partition coefficient (Wildman–Crippen LogP) is 2.25. The lowest BCUT2D eigenvalue weighted by Crippen LogP contribution is -2.51. The fraction of sp³-hybridized carbons (Fsp3) is 0.875. The van der Waals surface area contributed by atoms with Crippen molar-refractivity contribution in [3.05, 3.63) is 12.2 Å². The summed E-state index contributed by atoms with van der Waals surface area (Å²) < 4.78 is 6.04. The normalized spacial score (nSPS) is 69.8. The Bertz CT molecular complexity index is 474. The number of piperidine rings is 1. The minimum Gasteiger partial charge on any atom is -0.369 e. The van der Waals surface area contributed by atoms with E-state index >= 15 is 0 Å². The molecule has 6 rings (SSSR count). The van der Waals surface area contributed by atoms with E-state index in [1.54, 1.807) is 0 Å². The Labute approximate surface area is 108 Å². The highest BCUT2D eigenvalue weighted by Gasteiger charge is 2.78. The monoisotopic (exact) mass is 243 g/mol. The van der Waals surface area contributed by atoms with Crippen LogP contribution >= 0.6 is 0 Å². The van der Waals surface area contributed by atoms with Crippen LogP contribution in [-0.4, -0.2) is 23.8 Å². The Morgan fingerprint density at radius 3 is 3.28 bits per heavy atom. The van der Waals surface area contributed by atoms with Crippen molar-refractivity contribution < 1.29 is 4.74 Å². The van der Waals surface area contributed by atoms with Gasteiger partial charge >= 0.3 is 0 Å². The molecule has 5 fully saturated rings. The SMILES string of the molecule is C1=CC2C3N[C@@]34CC3CCC5OC5C3C2(CC1)C4. The minimum absolute atomic E-state index is 0.572. The average Bonchev–Trinajstić information content (AvgIpc) is 3.25. The van der Waals surface area contributed by atoms with Crippen LogP contribution in [0.5, 0.6) is 0 Å². The quantitative estimate of drug-likeness (QED) is 0.523. The molecule has 6 aliphatic rings. The van der Waals surface area contributed by atoms with Gasteiger partial charge in [0.2, 0.25) is 0 Å². The van der Waals surface area contributed by atoms with Crippen molar-refractivity contribution in [1.29, 1.82) is 0 Å². The average molecular weight is 243 g/mol. The van der Waals surface area contributed by atoms with E-state index in [1.807, 2.05) is 0 Å². The molecule has 7 unspecified atom stereocenters. The molecule has 3 saturated carbocycles. The second-order valence-corrected chi connectivity index (χ2v) is 7.89. The first kappa shape index (κ1) is 9.55. The first-order valence-corrected chi connectivity index (χ1v) is 7.92. The molecule has 2 heterocycles. The molecule has 0 aromatic rings. The van der Waals surface area contributed by atoms with Crippen LogP contribution in [0.15, 0.2) is 12.2 Å². The molecule has 0 amide bonds. The largest absolute Gasteiger partial charge is 0.369 e. The highest BCUT2D eigenvalue weighted by Crippen LogP contribution is 2.73. The van der Waals surface area contributed by atoms with Gasteiger partial charge in [-0.1, -0.05) is 12.2 Å². The van der Waals surface area contributed by atoms with Crippen molar-refractivity contribution in [2.24, 2.45) is 23.2 Å². The highest BCUT2D eigenvalue weighted by molar-refractivity contribution is 5.36. The molecule has 2 nitrogen and oxygen atoms in total. The third-order valence-corrected chi connectivity index (χ3v) is 7.34. The van der Waals surface area contributed by atoms with Gasteiger partial charge in [0.05, 0.1) is 12.2 Å². The van der Waals surface area contributed by atoms with Crippen molar-refractivity contribution in [1.82, 2.24) is 5.32 Å². The van der Waals surface area contributed by atoms with E-state index < -0.39 is 0 Å². The summed E-state index contributed by atoms with van der Waals surface area (Å²) in [7, 11) is 0. The van der Waals surface area contributed by atoms with E-state index in [9.17, 15) is 0 Å². The summed E-state index contributed by atoms with van der Waals surface area (Å²) in [5.74, 6) is 2.71. The summed E-state index contributed by atoms with van der Waals surface area (Å²) in [5.41, 5.74) is 1.20. The van der Waals surface area contributed by atoms with Gasteiger partial charge in [0, 0.05) is 11.6 Å². The van der Waals surface area contributed by atoms with E-state index in [0.717, 1.165) is 23.8 Å². The first-order valence-electron chi connectivity index (χ1n) is 7.92. The predicted molar refractivity (Wildman–Crippen MR) is 68.1 cm³/mol. The molecule has 2 spiro atoms. The lowest BCUT2D eigenvalue weighted by Gasteiger charge is -2.52. The Balaban J connectivity index is 1.53. The number of hydrogen-bond acceptors (Lipinski definition) is 2. The minimum atomic E-state index is 0.572. The molecule has 1 N–H and O–H groups in total. The summed E-state index contributed by atoms with van der Waals surface area (Å²) in [5, 5.41) is 3.88. The van der Waals surface area contributed by atoms with Crippen molar-refractivity contribution in [2.75, 3.05) is 0 Å². The van der Waals surface area contributed by atoms with E-state index in [-0.39, 0.29) is 0 Å². The van der Waals surface area contributed by atoms with Crippen molar-refractivity contribution in [3.63, 3.8) is 0 Å². The maximum absolute atomic E-state index is 6.04. The number of epoxide rings is 1. The summed E-state index contributed by atoms with van der Waals surface area (Å²) in [6.45, 7) is 0. The molecule has 2 saturated heterocycles. The second kappa shape index (κ2) is 2.60. The van der Waals surface area contributed by atoms with Crippen molar-refractivity contribution in [3.8, 4) is 0 Å².